The molecule has 0 spiro atoms. The van der Waals surface area contributed by atoms with Crippen LogP contribution in [0.1, 0.15) is 17.5 Å². The summed E-state index contributed by atoms with van der Waals surface area (Å²) in [7, 11) is 0. The van der Waals surface area contributed by atoms with Crippen LogP contribution in [0, 0.1) is 6.92 Å². The Morgan fingerprint density at radius 1 is 1.13 bits per heavy atom. The monoisotopic (exact) mass is 328 g/mol. The van der Waals surface area contributed by atoms with Gasteiger partial charge in [0.2, 0.25) is 11.8 Å². The minimum atomic E-state index is -0.128. The number of amides is 2. The van der Waals surface area contributed by atoms with Crippen LogP contribution in [0.3, 0.4) is 0 Å². The van der Waals surface area contributed by atoms with E-state index in [1.807, 2.05) is 23.7 Å². The molecule has 0 saturated heterocycles. The Morgan fingerprint density at radius 2 is 1.78 bits per heavy atom. The molecule has 0 bridgehead atoms. The number of benzene rings is 1. The molecule has 0 fully saturated rings. The van der Waals surface area contributed by atoms with E-state index in [0.717, 1.165) is 10.7 Å². The van der Waals surface area contributed by atoms with E-state index in [9.17, 15) is 9.59 Å². The fraction of sp³-hybridized carbons (Fsp3) is 0.188. The first kappa shape index (κ1) is 15.2. The van der Waals surface area contributed by atoms with Crippen molar-refractivity contribution in [2.24, 2.45) is 0 Å². The number of carbonyl (C=O) groups is 2. The molecule has 118 valence electrons. The predicted octanol–water partition coefficient (Wildman–Crippen LogP) is 2.84. The maximum Gasteiger partial charge on any atom is 0.230 e. The van der Waals surface area contributed by atoms with E-state index in [2.05, 4.69) is 15.6 Å². The number of fused-ring (bicyclic) bond motifs is 1. The third-order valence-electron chi connectivity index (χ3n) is 3.15. The van der Waals surface area contributed by atoms with Gasteiger partial charge in [0.25, 0.3) is 0 Å². The molecule has 0 atom stereocenters. The van der Waals surface area contributed by atoms with Crippen LogP contribution in [-0.4, -0.2) is 21.2 Å². The van der Waals surface area contributed by atoms with Crippen molar-refractivity contribution in [3.8, 4) is 0 Å². The summed E-state index contributed by atoms with van der Waals surface area (Å²) in [4.78, 5) is 29.6. The van der Waals surface area contributed by atoms with Crippen molar-refractivity contribution < 1.29 is 9.59 Å². The summed E-state index contributed by atoms with van der Waals surface area (Å²) >= 11 is 1.60. The normalized spacial score (nSPS) is 10.7. The van der Waals surface area contributed by atoms with Crippen LogP contribution in [0.2, 0.25) is 0 Å². The van der Waals surface area contributed by atoms with Crippen LogP contribution >= 0.6 is 11.3 Å². The highest BCUT2D eigenvalue weighted by atomic mass is 32.1. The summed E-state index contributed by atoms with van der Waals surface area (Å²) in [5, 5.41) is 5.50. The molecule has 6 nitrogen and oxygen atoms in total. The van der Waals surface area contributed by atoms with E-state index in [0.29, 0.717) is 11.4 Å². The first-order valence-corrected chi connectivity index (χ1v) is 7.93. The average molecular weight is 328 g/mol. The number of hydrogen-bond acceptors (Lipinski definition) is 4. The van der Waals surface area contributed by atoms with E-state index >= 15 is 0 Å². The van der Waals surface area contributed by atoms with E-state index in [4.69, 9.17) is 0 Å². The molecule has 0 unspecified atom stereocenters. The largest absolute Gasteiger partial charge is 0.326 e. The number of imidazole rings is 1. The Balaban J connectivity index is 1.62. The molecule has 23 heavy (non-hydrogen) atoms. The van der Waals surface area contributed by atoms with Gasteiger partial charge in [-0.3, -0.25) is 14.0 Å². The van der Waals surface area contributed by atoms with Gasteiger partial charge in [-0.15, -0.1) is 11.3 Å². The molecule has 0 saturated carbocycles. The number of rotatable bonds is 4. The van der Waals surface area contributed by atoms with Gasteiger partial charge in [-0.25, -0.2) is 4.98 Å². The van der Waals surface area contributed by atoms with Crippen LogP contribution < -0.4 is 10.6 Å². The van der Waals surface area contributed by atoms with Gasteiger partial charge in [-0.1, -0.05) is 0 Å². The van der Waals surface area contributed by atoms with Gasteiger partial charge in [0, 0.05) is 35.6 Å². The second-order valence-corrected chi connectivity index (χ2v) is 6.46. The molecule has 0 aliphatic carbocycles. The van der Waals surface area contributed by atoms with Crippen molar-refractivity contribution in [1.82, 2.24) is 9.38 Å². The average Bonchev–Trinajstić information content (AvgIpc) is 2.96. The quantitative estimate of drug-likeness (QED) is 0.773. The SMILES string of the molecule is CC(=O)Nc1ccc(NC(=O)Cc2cn3cc(C)sc3n2)cc1. The summed E-state index contributed by atoms with van der Waals surface area (Å²) in [6.45, 7) is 3.48. The lowest BCUT2D eigenvalue weighted by Crippen LogP contribution is -2.14. The maximum absolute atomic E-state index is 12.1. The molecule has 3 aromatic rings. The topological polar surface area (TPSA) is 75.5 Å². The smallest absolute Gasteiger partial charge is 0.230 e. The fourth-order valence-corrected chi connectivity index (χ4v) is 3.08. The molecule has 2 heterocycles. The van der Waals surface area contributed by atoms with E-state index in [-0.39, 0.29) is 18.2 Å². The summed E-state index contributed by atoms with van der Waals surface area (Å²) in [6, 6.07) is 6.98. The third-order valence-corrected chi connectivity index (χ3v) is 4.06. The number of carbonyl (C=O) groups excluding carboxylic acids is 2. The number of thiazole rings is 1. The highest BCUT2D eigenvalue weighted by molar-refractivity contribution is 7.16. The van der Waals surface area contributed by atoms with E-state index < -0.39 is 0 Å². The molecule has 0 radical (unpaired) electrons. The molecule has 3 rings (SSSR count). The molecule has 1 aromatic carbocycles. The Kier molecular flexibility index (Phi) is 4.12. The van der Waals surface area contributed by atoms with Crippen LogP contribution in [0.15, 0.2) is 36.7 Å². The van der Waals surface area contributed by atoms with Crippen molar-refractivity contribution in [3.05, 3.63) is 47.2 Å². The molecule has 2 amide bonds. The second kappa shape index (κ2) is 6.21. The molecular weight excluding hydrogens is 312 g/mol. The maximum atomic E-state index is 12.1. The summed E-state index contributed by atoms with van der Waals surface area (Å²) in [5.74, 6) is -0.253. The minimum absolute atomic E-state index is 0.125. The Morgan fingerprint density at radius 3 is 2.39 bits per heavy atom. The van der Waals surface area contributed by atoms with Gasteiger partial charge < -0.3 is 10.6 Å². The number of hydrogen-bond donors (Lipinski definition) is 2. The van der Waals surface area contributed by atoms with Gasteiger partial charge in [0.05, 0.1) is 12.1 Å². The van der Waals surface area contributed by atoms with Gasteiger partial charge in [-0.2, -0.15) is 0 Å². The highest BCUT2D eigenvalue weighted by Crippen LogP contribution is 2.17. The lowest BCUT2D eigenvalue weighted by Gasteiger charge is -2.06. The molecule has 7 heteroatoms. The second-order valence-electron chi connectivity index (χ2n) is 5.25. The Labute approximate surface area is 137 Å². The van der Waals surface area contributed by atoms with E-state index in [1.165, 1.54) is 11.8 Å². The zero-order valence-electron chi connectivity index (χ0n) is 12.8. The van der Waals surface area contributed by atoms with Crippen molar-refractivity contribution in [3.63, 3.8) is 0 Å². The van der Waals surface area contributed by atoms with E-state index in [1.54, 1.807) is 35.6 Å². The zero-order valence-corrected chi connectivity index (χ0v) is 13.6. The van der Waals surface area contributed by atoms with Crippen LogP contribution in [0.5, 0.6) is 0 Å². The summed E-state index contributed by atoms with van der Waals surface area (Å²) < 4.78 is 1.94. The highest BCUT2D eigenvalue weighted by Gasteiger charge is 2.09. The minimum Gasteiger partial charge on any atom is -0.326 e. The van der Waals surface area contributed by atoms with Crippen LogP contribution in [0.25, 0.3) is 4.96 Å². The summed E-state index contributed by atoms with van der Waals surface area (Å²) in [5.41, 5.74) is 2.12. The lowest BCUT2D eigenvalue weighted by atomic mass is 10.2. The molecule has 2 N–H and O–H groups in total. The Hall–Kier alpha value is -2.67. The third kappa shape index (κ3) is 3.75. The van der Waals surface area contributed by atoms with Crippen LogP contribution in [0.4, 0.5) is 11.4 Å². The number of nitrogens with one attached hydrogen (secondary N) is 2. The molecule has 0 aliphatic rings. The van der Waals surface area contributed by atoms with Gasteiger partial charge in [-0.05, 0) is 31.2 Å². The zero-order chi connectivity index (χ0) is 16.4. The van der Waals surface area contributed by atoms with Gasteiger partial charge in [0.15, 0.2) is 4.96 Å². The number of aromatic nitrogens is 2. The first-order valence-electron chi connectivity index (χ1n) is 7.11. The lowest BCUT2D eigenvalue weighted by molar-refractivity contribution is -0.116. The molecular formula is C16H16N4O2S. The molecule has 2 aromatic heterocycles. The number of aryl methyl sites for hydroxylation is 1. The van der Waals surface area contributed by atoms with Crippen molar-refractivity contribution in [2.75, 3.05) is 10.6 Å². The van der Waals surface area contributed by atoms with Crippen molar-refractivity contribution in [2.45, 2.75) is 20.3 Å². The van der Waals surface area contributed by atoms with Crippen LogP contribution in [-0.2, 0) is 16.0 Å². The fourth-order valence-electron chi connectivity index (χ4n) is 2.25. The van der Waals surface area contributed by atoms with Crippen molar-refractivity contribution in [1.29, 1.82) is 0 Å². The first-order chi connectivity index (χ1) is 11.0. The standard InChI is InChI=1S/C16H16N4O2S/c1-10-8-20-9-14(19-16(20)23-10)7-15(22)18-13-5-3-12(4-6-13)17-11(2)21/h3-6,8-9H,7H2,1-2H3,(H,17,21)(H,18,22). The molecule has 0 aliphatic heterocycles. The number of anilines is 2. The predicted molar refractivity (Wildman–Crippen MR) is 90.9 cm³/mol. The Bertz CT molecular complexity index is 832. The summed E-state index contributed by atoms with van der Waals surface area (Å²) in [6.07, 6.45) is 4.09. The van der Waals surface area contributed by atoms with Crippen molar-refractivity contribution >= 4 is 39.5 Å². The number of nitrogens with zero attached hydrogens (tertiary/aromatic N) is 2. The van der Waals surface area contributed by atoms with Gasteiger partial charge in [0.1, 0.15) is 0 Å². The van der Waals surface area contributed by atoms with Gasteiger partial charge >= 0.3 is 0 Å².